The molecule has 4 N–H and O–H groups in total. The van der Waals surface area contributed by atoms with Crippen molar-refractivity contribution >= 4 is 11.9 Å². The number of aliphatic hydroxyl groups excluding tert-OH is 2. The van der Waals surface area contributed by atoms with Gasteiger partial charge in [0, 0.05) is 16.6 Å². The maximum absolute atomic E-state index is 9.60. The highest BCUT2D eigenvalue weighted by molar-refractivity contribution is 5.85. The Kier molecular flexibility index (Phi) is 14.4. The molecule has 2 aromatic rings. The van der Waals surface area contributed by atoms with Crippen molar-refractivity contribution in [3.8, 4) is 11.5 Å². The van der Waals surface area contributed by atoms with Crippen molar-refractivity contribution in [1.82, 2.24) is 0 Å². The maximum atomic E-state index is 9.60. The van der Waals surface area contributed by atoms with E-state index in [9.17, 15) is 9.59 Å². The summed E-state index contributed by atoms with van der Waals surface area (Å²) in [6, 6.07) is 15.9. The fourth-order valence-corrected chi connectivity index (χ4v) is 2.43. The summed E-state index contributed by atoms with van der Waals surface area (Å²) in [5.41, 5.74) is 2.56. The van der Waals surface area contributed by atoms with Crippen LogP contribution in [0.3, 0.4) is 0 Å². The minimum absolute atomic E-state index is 0.0119. The highest BCUT2D eigenvalue weighted by Gasteiger charge is 2.23. The predicted octanol–water partition coefficient (Wildman–Crippen LogP) is 4.05. The molecule has 192 valence electrons. The molecule has 0 saturated carbocycles. The van der Waals surface area contributed by atoms with E-state index in [-0.39, 0.29) is 29.8 Å². The van der Waals surface area contributed by atoms with Crippen molar-refractivity contribution < 1.29 is 39.5 Å². The first-order valence-electron chi connectivity index (χ1n) is 10.8. The van der Waals surface area contributed by atoms with Gasteiger partial charge in [-0.2, -0.15) is 0 Å². The minimum Gasteiger partial charge on any atom is -0.491 e. The van der Waals surface area contributed by atoms with Crippen molar-refractivity contribution in [1.29, 1.82) is 0 Å². The molecule has 0 fully saturated rings. The zero-order chi connectivity index (χ0) is 27.0. The van der Waals surface area contributed by atoms with Gasteiger partial charge in [0.2, 0.25) is 0 Å². The van der Waals surface area contributed by atoms with Gasteiger partial charge in [-0.05, 0) is 49.2 Å². The lowest BCUT2D eigenvalue weighted by atomic mass is 9.78. The second-order valence-corrected chi connectivity index (χ2v) is 7.99. The van der Waals surface area contributed by atoms with Gasteiger partial charge in [0.1, 0.15) is 24.7 Å². The summed E-state index contributed by atoms with van der Waals surface area (Å²) in [6.07, 6.45) is 0. The van der Waals surface area contributed by atoms with Gasteiger partial charge in [0.05, 0.1) is 13.2 Å². The van der Waals surface area contributed by atoms with Crippen LogP contribution in [0.15, 0.2) is 72.8 Å². The Bertz CT molecular complexity index is 843. The molecular formula is C27H36O8. The van der Waals surface area contributed by atoms with Crippen LogP contribution in [0, 0.1) is 0 Å². The Morgan fingerprint density at radius 2 is 0.971 bits per heavy atom. The third-order valence-electron chi connectivity index (χ3n) is 4.60. The molecule has 0 radical (unpaired) electrons. The van der Waals surface area contributed by atoms with Crippen LogP contribution >= 0.6 is 0 Å². The van der Waals surface area contributed by atoms with Crippen LogP contribution in [0.2, 0.25) is 0 Å². The molecule has 0 aliphatic carbocycles. The van der Waals surface area contributed by atoms with Gasteiger partial charge >= 0.3 is 11.9 Å². The summed E-state index contributed by atoms with van der Waals surface area (Å²) in [6.45, 7) is 14.2. The fraction of sp³-hybridized carbons (Fsp3) is 0.333. The van der Waals surface area contributed by atoms with E-state index in [0.717, 1.165) is 11.5 Å². The molecule has 2 aromatic carbocycles. The number of hydrogen-bond donors (Lipinski definition) is 4. The number of aliphatic hydroxyl groups is 2. The normalized spacial score (nSPS) is 10.0. The summed E-state index contributed by atoms with van der Waals surface area (Å²) in [7, 11) is 0. The van der Waals surface area contributed by atoms with Crippen molar-refractivity contribution in [2.75, 3.05) is 26.4 Å². The van der Waals surface area contributed by atoms with Crippen LogP contribution in [-0.4, -0.2) is 58.8 Å². The first-order chi connectivity index (χ1) is 16.4. The first kappa shape index (κ1) is 31.4. The molecule has 8 nitrogen and oxygen atoms in total. The van der Waals surface area contributed by atoms with Crippen molar-refractivity contribution in [3.05, 3.63) is 84.0 Å². The van der Waals surface area contributed by atoms with E-state index >= 15 is 0 Å². The van der Waals surface area contributed by atoms with Crippen LogP contribution in [0.5, 0.6) is 11.5 Å². The summed E-state index contributed by atoms with van der Waals surface area (Å²) in [4.78, 5) is 19.2. The number of aliphatic carboxylic acids is 2. The molecule has 0 amide bonds. The highest BCUT2D eigenvalue weighted by atomic mass is 16.5. The highest BCUT2D eigenvalue weighted by Crippen LogP contribution is 2.33. The van der Waals surface area contributed by atoms with Gasteiger partial charge in [-0.15, -0.1) is 0 Å². The quantitative estimate of drug-likeness (QED) is 0.368. The van der Waals surface area contributed by atoms with E-state index in [1.54, 1.807) is 0 Å². The van der Waals surface area contributed by atoms with Crippen LogP contribution in [0.1, 0.15) is 38.8 Å². The Morgan fingerprint density at radius 1 is 0.714 bits per heavy atom. The van der Waals surface area contributed by atoms with E-state index in [1.165, 1.54) is 25.0 Å². The Labute approximate surface area is 206 Å². The van der Waals surface area contributed by atoms with Crippen LogP contribution in [0.25, 0.3) is 0 Å². The molecule has 0 unspecified atom stereocenters. The molecule has 0 bridgehead atoms. The number of benzene rings is 2. The van der Waals surface area contributed by atoms with Gasteiger partial charge in [0.25, 0.3) is 0 Å². The number of carboxylic acids is 2. The van der Waals surface area contributed by atoms with E-state index in [1.807, 2.05) is 48.5 Å². The van der Waals surface area contributed by atoms with Gasteiger partial charge in [-0.1, -0.05) is 51.3 Å². The van der Waals surface area contributed by atoms with E-state index in [0.29, 0.717) is 13.2 Å². The number of rotatable bonds is 10. The van der Waals surface area contributed by atoms with Crippen LogP contribution < -0.4 is 9.47 Å². The molecule has 0 aromatic heterocycles. The molecule has 0 saturated heterocycles. The largest absolute Gasteiger partial charge is 0.491 e. The van der Waals surface area contributed by atoms with E-state index in [4.69, 9.17) is 29.9 Å². The van der Waals surface area contributed by atoms with Crippen LogP contribution in [0.4, 0.5) is 0 Å². The lowest BCUT2D eigenvalue weighted by molar-refractivity contribution is -0.133. The molecule has 0 heterocycles. The molecule has 0 aliphatic rings. The number of carboxylic acid groups (broad SMARTS) is 2. The third kappa shape index (κ3) is 12.4. The Morgan fingerprint density at radius 3 is 1.17 bits per heavy atom. The standard InChI is InChI=1S/C19H24O4.2C4H6O2/c1-19(2,15-3-7-17(8-4-15)22-13-11-20)16-5-9-18(10-6-16)23-14-12-21;2*1-3(2)4(5)6/h3-10,20-21H,11-14H2,1-2H3;2*1H2,2H3,(H,5,6). The number of ether oxygens (including phenoxy) is 2. The van der Waals surface area contributed by atoms with Gasteiger partial charge in [-0.3, -0.25) is 0 Å². The zero-order valence-corrected chi connectivity index (χ0v) is 20.8. The van der Waals surface area contributed by atoms with E-state index in [2.05, 4.69) is 27.0 Å². The van der Waals surface area contributed by atoms with Gasteiger partial charge < -0.3 is 29.9 Å². The first-order valence-corrected chi connectivity index (χ1v) is 10.8. The molecule has 8 heteroatoms. The summed E-state index contributed by atoms with van der Waals surface area (Å²) >= 11 is 0. The molecular weight excluding hydrogens is 452 g/mol. The molecule has 0 spiro atoms. The summed E-state index contributed by atoms with van der Waals surface area (Å²) in [5.74, 6) is -0.359. The topological polar surface area (TPSA) is 134 Å². The van der Waals surface area contributed by atoms with Crippen molar-refractivity contribution in [2.24, 2.45) is 0 Å². The smallest absolute Gasteiger partial charge is 0.330 e. The fourth-order valence-electron chi connectivity index (χ4n) is 2.43. The molecule has 0 aliphatic heterocycles. The Hall–Kier alpha value is -3.62. The second-order valence-electron chi connectivity index (χ2n) is 7.99. The second kappa shape index (κ2) is 16.1. The number of carbonyl (C=O) groups is 2. The third-order valence-corrected chi connectivity index (χ3v) is 4.60. The number of hydrogen-bond acceptors (Lipinski definition) is 6. The molecule has 0 atom stereocenters. The minimum atomic E-state index is -0.935. The zero-order valence-electron chi connectivity index (χ0n) is 20.8. The monoisotopic (exact) mass is 488 g/mol. The lowest BCUT2D eigenvalue weighted by Gasteiger charge is -2.26. The molecule has 2 rings (SSSR count). The predicted molar refractivity (Wildman–Crippen MR) is 135 cm³/mol. The maximum Gasteiger partial charge on any atom is 0.330 e. The van der Waals surface area contributed by atoms with E-state index < -0.39 is 11.9 Å². The lowest BCUT2D eigenvalue weighted by Crippen LogP contribution is -2.18. The average molecular weight is 489 g/mol. The SMILES string of the molecule is C=C(C)C(=O)O.C=C(C)C(=O)O.CC(C)(c1ccc(OCCO)cc1)c1ccc(OCCO)cc1. The average Bonchev–Trinajstić information content (AvgIpc) is 2.82. The van der Waals surface area contributed by atoms with Crippen molar-refractivity contribution in [3.63, 3.8) is 0 Å². The summed E-state index contributed by atoms with van der Waals surface area (Å²) in [5, 5.41) is 33.4. The summed E-state index contributed by atoms with van der Waals surface area (Å²) < 4.78 is 10.8. The van der Waals surface area contributed by atoms with Crippen LogP contribution in [-0.2, 0) is 15.0 Å². The van der Waals surface area contributed by atoms with Gasteiger partial charge in [-0.25, -0.2) is 9.59 Å². The van der Waals surface area contributed by atoms with Crippen molar-refractivity contribution in [2.45, 2.75) is 33.1 Å². The van der Waals surface area contributed by atoms with Gasteiger partial charge in [0.15, 0.2) is 0 Å². The Balaban J connectivity index is 0.000000797. The molecule has 35 heavy (non-hydrogen) atoms.